The summed E-state index contributed by atoms with van der Waals surface area (Å²) in [4.78, 5) is 23.0. The van der Waals surface area contributed by atoms with E-state index in [9.17, 15) is 9.59 Å². The maximum Gasteiger partial charge on any atom is 0.239 e. The highest BCUT2D eigenvalue weighted by Crippen LogP contribution is 2.03. The SMILES string of the molecule is CCCC(CN)C(=O)NCC(=O)NCC(C)C. The lowest BCUT2D eigenvalue weighted by Crippen LogP contribution is -2.42. The van der Waals surface area contributed by atoms with Crippen molar-refractivity contribution in [3.05, 3.63) is 0 Å². The standard InChI is InChI=1S/C12H25N3O2/c1-4-5-10(6-13)12(17)15-8-11(16)14-7-9(2)3/h9-10H,4-8,13H2,1-3H3,(H,14,16)(H,15,17). The van der Waals surface area contributed by atoms with Gasteiger partial charge in [0.15, 0.2) is 0 Å². The van der Waals surface area contributed by atoms with Crippen LogP contribution in [0.2, 0.25) is 0 Å². The van der Waals surface area contributed by atoms with E-state index in [-0.39, 0.29) is 24.3 Å². The summed E-state index contributed by atoms with van der Waals surface area (Å²) < 4.78 is 0. The van der Waals surface area contributed by atoms with Crippen LogP contribution in [0.5, 0.6) is 0 Å². The Kier molecular flexibility index (Phi) is 8.40. The zero-order valence-electron chi connectivity index (χ0n) is 11.1. The van der Waals surface area contributed by atoms with Crippen molar-refractivity contribution in [1.29, 1.82) is 0 Å². The number of amides is 2. The van der Waals surface area contributed by atoms with Crippen LogP contribution in [0.1, 0.15) is 33.6 Å². The molecule has 0 aliphatic carbocycles. The van der Waals surface area contributed by atoms with Crippen LogP contribution < -0.4 is 16.4 Å². The first-order valence-electron chi connectivity index (χ1n) is 6.25. The molecule has 0 radical (unpaired) electrons. The van der Waals surface area contributed by atoms with Crippen molar-refractivity contribution >= 4 is 11.8 Å². The van der Waals surface area contributed by atoms with Crippen molar-refractivity contribution in [3.8, 4) is 0 Å². The van der Waals surface area contributed by atoms with Crippen LogP contribution in [0, 0.1) is 11.8 Å². The predicted molar refractivity (Wildman–Crippen MR) is 68.3 cm³/mol. The smallest absolute Gasteiger partial charge is 0.239 e. The fourth-order valence-electron chi connectivity index (χ4n) is 1.40. The van der Waals surface area contributed by atoms with Crippen LogP contribution in [-0.4, -0.2) is 31.4 Å². The Balaban J connectivity index is 3.85. The molecule has 17 heavy (non-hydrogen) atoms. The first kappa shape index (κ1) is 15.9. The van der Waals surface area contributed by atoms with Crippen molar-refractivity contribution in [2.75, 3.05) is 19.6 Å². The van der Waals surface area contributed by atoms with Gasteiger partial charge in [0.05, 0.1) is 12.5 Å². The van der Waals surface area contributed by atoms with Gasteiger partial charge in [0.2, 0.25) is 11.8 Å². The van der Waals surface area contributed by atoms with Crippen molar-refractivity contribution < 1.29 is 9.59 Å². The summed E-state index contributed by atoms with van der Waals surface area (Å²) in [7, 11) is 0. The van der Waals surface area contributed by atoms with Crippen LogP contribution in [0.25, 0.3) is 0 Å². The topological polar surface area (TPSA) is 84.2 Å². The van der Waals surface area contributed by atoms with Crippen molar-refractivity contribution in [1.82, 2.24) is 10.6 Å². The molecule has 1 unspecified atom stereocenters. The zero-order valence-corrected chi connectivity index (χ0v) is 11.1. The van der Waals surface area contributed by atoms with E-state index in [1.807, 2.05) is 20.8 Å². The average Bonchev–Trinajstić information content (AvgIpc) is 2.30. The fourth-order valence-corrected chi connectivity index (χ4v) is 1.40. The molecular formula is C12H25N3O2. The van der Waals surface area contributed by atoms with Crippen LogP contribution >= 0.6 is 0 Å². The molecule has 0 aliphatic rings. The van der Waals surface area contributed by atoms with Crippen molar-refractivity contribution in [2.45, 2.75) is 33.6 Å². The van der Waals surface area contributed by atoms with Gasteiger partial charge in [0.25, 0.3) is 0 Å². The largest absolute Gasteiger partial charge is 0.354 e. The minimum atomic E-state index is -0.183. The molecule has 0 aliphatic heterocycles. The maximum absolute atomic E-state index is 11.6. The van der Waals surface area contributed by atoms with Crippen LogP contribution in [0.3, 0.4) is 0 Å². The van der Waals surface area contributed by atoms with Gasteiger partial charge in [0.1, 0.15) is 0 Å². The number of hydrogen-bond donors (Lipinski definition) is 3. The molecule has 5 nitrogen and oxygen atoms in total. The second-order valence-corrected chi connectivity index (χ2v) is 4.64. The lowest BCUT2D eigenvalue weighted by molar-refractivity contribution is -0.128. The Hall–Kier alpha value is -1.10. The van der Waals surface area contributed by atoms with E-state index in [0.717, 1.165) is 12.8 Å². The minimum Gasteiger partial charge on any atom is -0.354 e. The highest BCUT2D eigenvalue weighted by Gasteiger charge is 2.16. The zero-order chi connectivity index (χ0) is 13.3. The number of carbonyl (C=O) groups is 2. The summed E-state index contributed by atoms with van der Waals surface area (Å²) in [6.07, 6.45) is 1.67. The Morgan fingerprint density at radius 2 is 1.88 bits per heavy atom. The van der Waals surface area contributed by atoms with E-state index in [1.165, 1.54) is 0 Å². The number of rotatable bonds is 8. The molecule has 2 amide bonds. The lowest BCUT2D eigenvalue weighted by Gasteiger charge is -2.14. The first-order valence-corrected chi connectivity index (χ1v) is 6.25. The fraction of sp³-hybridized carbons (Fsp3) is 0.833. The Morgan fingerprint density at radius 1 is 1.24 bits per heavy atom. The van der Waals surface area contributed by atoms with Crippen molar-refractivity contribution in [3.63, 3.8) is 0 Å². The summed E-state index contributed by atoms with van der Waals surface area (Å²) in [6.45, 7) is 7.03. The van der Waals surface area contributed by atoms with E-state index < -0.39 is 0 Å². The predicted octanol–water partition coefficient (Wildman–Crippen LogP) is 0.250. The second kappa shape index (κ2) is 8.98. The third-order valence-electron chi connectivity index (χ3n) is 2.42. The molecule has 0 aromatic carbocycles. The van der Waals surface area contributed by atoms with Gasteiger partial charge in [-0.1, -0.05) is 27.2 Å². The summed E-state index contributed by atoms with van der Waals surface area (Å²) in [5, 5.41) is 5.35. The molecule has 0 spiro atoms. The van der Waals surface area contributed by atoms with Crippen LogP contribution in [-0.2, 0) is 9.59 Å². The molecule has 0 rings (SSSR count). The molecule has 0 aromatic heterocycles. The highest BCUT2D eigenvalue weighted by atomic mass is 16.2. The van der Waals surface area contributed by atoms with Gasteiger partial charge >= 0.3 is 0 Å². The number of hydrogen-bond acceptors (Lipinski definition) is 3. The quantitative estimate of drug-likeness (QED) is 0.571. The summed E-state index contributed by atoms with van der Waals surface area (Å²) in [6, 6.07) is 0. The molecule has 0 aromatic rings. The van der Waals surface area contributed by atoms with Gasteiger partial charge in [-0.2, -0.15) is 0 Å². The summed E-state index contributed by atoms with van der Waals surface area (Å²) in [5.74, 6) is -0.0576. The van der Waals surface area contributed by atoms with E-state index in [2.05, 4.69) is 10.6 Å². The molecular weight excluding hydrogens is 218 g/mol. The molecule has 5 heteroatoms. The first-order chi connectivity index (χ1) is 8.01. The normalized spacial score (nSPS) is 12.3. The third-order valence-corrected chi connectivity index (χ3v) is 2.42. The Labute approximate surface area is 104 Å². The molecule has 0 bridgehead atoms. The molecule has 0 saturated heterocycles. The van der Waals surface area contributed by atoms with Gasteiger partial charge < -0.3 is 16.4 Å². The molecule has 0 fully saturated rings. The van der Waals surface area contributed by atoms with Gasteiger partial charge in [0, 0.05) is 13.1 Å². The van der Waals surface area contributed by atoms with Gasteiger partial charge in [-0.3, -0.25) is 9.59 Å². The van der Waals surface area contributed by atoms with Gasteiger partial charge in [-0.05, 0) is 12.3 Å². The molecule has 0 heterocycles. The highest BCUT2D eigenvalue weighted by molar-refractivity contribution is 5.85. The van der Waals surface area contributed by atoms with Crippen molar-refractivity contribution in [2.24, 2.45) is 17.6 Å². The molecule has 4 N–H and O–H groups in total. The summed E-state index contributed by atoms with van der Waals surface area (Å²) >= 11 is 0. The third kappa shape index (κ3) is 7.74. The summed E-state index contributed by atoms with van der Waals surface area (Å²) in [5.41, 5.74) is 5.50. The monoisotopic (exact) mass is 243 g/mol. The van der Waals surface area contributed by atoms with Gasteiger partial charge in [-0.25, -0.2) is 0 Å². The Morgan fingerprint density at radius 3 is 2.35 bits per heavy atom. The Bertz CT molecular complexity index is 242. The lowest BCUT2D eigenvalue weighted by atomic mass is 10.0. The number of nitrogens with one attached hydrogen (secondary N) is 2. The second-order valence-electron chi connectivity index (χ2n) is 4.64. The minimum absolute atomic E-state index is 0.0335. The maximum atomic E-state index is 11.6. The van der Waals surface area contributed by atoms with Crippen LogP contribution in [0.15, 0.2) is 0 Å². The number of nitrogens with two attached hydrogens (primary N) is 1. The van der Waals surface area contributed by atoms with E-state index in [1.54, 1.807) is 0 Å². The van der Waals surface area contributed by atoms with E-state index in [0.29, 0.717) is 19.0 Å². The van der Waals surface area contributed by atoms with E-state index >= 15 is 0 Å². The average molecular weight is 243 g/mol. The molecule has 0 saturated carbocycles. The van der Waals surface area contributed by atoms with Crippen LogP contribution in [0.4, 0.5) is 0 Å². The van der Waals surface area contributed by atoms with Gasteiger partial charge in [-0.15, -0.1) is 0 Å². The van der Waals surface area contributed by atoms with E-state index in [4.69, 9.17) is 5.73 Å². The number of carbonyl (C=O) groups excluding carboxylic acids is 2. The molecule has 100 valence electrons. The molecule has 1 atom stereocenters.